The third kappa shape index (κ3) is 2.65. The van der Waals surface area contributed by atoms with E-state index in [1.807, 2.05) is 0 Å². The minimum Gasteiger partial charge on any atom is -0.464 e. The van der Waals surface area contributed by atoms with Crippen molar-refractivity contribution < 1.29 is 14.6 Å². The van der Waals surface area contributed by atoms with Gasteiger partial charge in [0.15, 0.2) is 0 Å². The molecule has 0 heterocycles. The van der Waals surface area contributed by atoms with Crippen LogP contribution in [0.1, 0.15) is 6.92 Å². The molecule has 0 aliphatic heterocycles. The Labute approximate surface area is 59.3 Å². The van der Waals surface area contributed by atoms with Gasteiger partial charge in [-0.3, -0.25) is 0 Å². The molecular weight excluding hydrogens is 136 g/mol. The zero-order chi connectivity index (χ0) is 8.15. The van der Waals surface area contributed by atoms with E-state index in [1.165, 1.54) is 7.11 Å². The molecule has 0 aliphatic rings. The molecule has 0 aliphatic carbocycles. The zero-order valence-electron chi connectivity index (χ0n) is 6.07. The third-order valence-corrected chi connectivity index (χ3v) is 1.10. The molecule has 0 aromatic heterocycles. The maximum absolute atomic E-state index is 10.2. The second-order valence-electron chi connectivity index (χ2n) is 1.99. The normalized spacial score (nSPS) is 12.7. The summed E-state index contributed by atoms with van der Waals surface area (Å²) in [5, 5.41) is 9.04. The van der Waals surface area contributed by atoms with Crippen molar-refractivity contribution in [2.24, 2.45) is 5.84 Å². The summed E-state index contributed by atoms with van der Waals surface area (Å²) in [7, 11) is 1.49. The average Bonchev–Trinajstić information content (AvgIpc) is 1.87. The van der Waals surface area contributed by atoms with Crippen molar-refractivity contribution in [3.63, 3.8) is 0 Å². The average molecular weight is 148 g/mol. The minimum atomic E-state index is -1.15. The molecular formula is C5H12N2O3. The highest BCUT2D eigenvalue weighted by Crippen LogP contribution is 1.92. The highest BCUT2D eigenvalue weighted by Gasteiger charge is 2.13. The third-order valence-electron chi connectivity index (χ3n) is 1.10. The van der Waals surface area contributed by atoms with E-state index >= 15 is 0 Å². The van der Waals surface area contributed by atoms with Gasteiger partial charge in [-0.2, -0.15) is 0 Å². The molecule has 0 radical (unpaired) electrons. The molecule has 0 bridgehead atoms. The van der Waals surface area contributed by atoms with Crippen molar-refractivity contribution >= 4 is 6.09 Å². The number of ether oxygens (including phenoxy) is 1. The van der Waals surface area contributed by atoms with E-state index in [4.69, 9.17) is 10.9 Å². The predicted octanol–water partition coefficient (Wildman–Crippen LogP) is -0.125. The number of methoxy groups -OCH3 is 1. The Morgan fingerprint density at radius 3 is 2.70 bits per heavy atom. The highest BCUT2D eigenvalue weighted by molar-refractivity contribution is 5.64. The van der Waals surface area contributed by atoms with E-state index in [0.717, 1.165) is 0 Å². The Balaban J connectivity index is 3.69. The van der Waals surface area contributed by atoms with Gasteiger partial charge in [0, 0.05) is 7.11 Å². The van der Waals surface area contributed by atoms with Crippen LogP contribution in [-0.2, 0) is 4.74 Å². The van der Waals surface area contributed by atoms with Crippen molar-refractivity contribution in [2.75, 3.05) is 13.7 Å². The van der Waals surface area contributed by atoms with Crippen molar-refractivity contribution in [3.8, 4) is 0 Å². The molecule has 0 aromatic carbocycles. The molecule has 1 unspecified atom stereocenters. The van der Waals surface area contributed by atoms with Crippen LogP contribution in [0.15, 0.2) is 0 Å². The fourth-order valence-corrected chi connectivity index (χ4v) is 0.510. The summed E-state index contributed by atoms with van der Waals surface area (Å²) < 4.78 is 4.69. The number of hydrogen-bond donors (Lipinski definition) is 2. The lowest BCUT2D eigenvalue weighted by molar-refractivity contribution is 0.0865. The largest absolute Gasteiger partial charge is 0.464 e. The molecule has 0 spiro atoms. The quantitative estimate of drug-likeness (QED) is 0.332. The van der Waals surface area contributed by atoms with Gasteiger partial charge in [0.1, 0.15) is 0 Å². The molecule has 0 saturated heterocycles. The van der Waals surface area contributed by atoms with Gasteiger partial charge in [0.2, 0.25) is 0 Å². The minimum absolute atomic E-state index is 0.303. The second kappa shape index (κ2) is 4.08. The lowest BCUT2D eigenvalue weighted by atomic mass is 10.4. The number of amides is 1. The van der Waals surface area contributed by atoms with E-state index in [1.54, 1.807) is 6.92 Å². The summed E-state index contributed by atoms with van der Waals surface area (Å²) in [4.78, 5) is 10.2. The molecule has 10 heavy (non-hydrogen) atoms. The summed E-state index contributed by atoms with van der Waals surface area (Å²) in [5.41, 5.74) is 0. The predicted molar refractivity (Wildman–Crippen MR) is 35.4 cm³/mol. The molecule has 1 atom stereocenters. The van der Waals surface area contributed by atoms with Crippen LogP contribution in [0.4, 0.5) is 4.79 Å². The van der Waals surface area contributed by atoms with Crippen LogP contribution in [0.3, 0.4) is 0 Å². The van der Waals surface area contributed by atoms with E-state index < -0.39 is 6.09 Å². The number of nitrogens with two attached hydrogens (primary N) is 1. The van der Waals surface area contributed by atoms with Crippen LogP contribution in [0.5, 0.6) is 0 Å². The summed E-state index contributed by atoms with van der Waals surface area (Å²) in [5.74, 6) is 5.10. The maximum atomic E-state index is 10.2. The lowest BCUT2D eigenvalue weighted by Crippen LogP contribution is -2.45. The number of rotatable bonds is 3. The van der Waals surface area contributed by atoms with Crippen LogP contribution < -0.4 is 5.84 Å². The lowest BCUT2D eigenvalue weighted by Gasteiger charge is -2.19. The van der Waals surface area contributed by atoms with Crippen LogP contribution in [-0.4, -0.2) is 36.0 Å². The number of hydrogen-bond acceptors (Lipinski definition) is 3. The summed E-state index contributed by atoms with van der Waals surface area (Å²) in [6.45, 7) is 1.97. The van der Waals surface area contributed by atoms with Crippen molar-refractivity contribution in [1.82, 2.24) is 5.01 Å². The SMILES string of the molecule is COCC(C)N(N)C(=O)O. The number of nitrogens with zero attached hydrogens (tertiary/aromatic N) is 1. The van der Waals surface area contributed by atoms with Crippen molar-refractivity contribution in [1.29, 1.82) is 0 Å². The second-order valence-corrected chi connectivity index (χ2v) is 1.99. The van der Waals surface area contributed by atoms with Gasteiger partial charge < -0.3 is 9.84 Å². The van der Waals surface area contributed by atoms with Gasteiger partial charge in [-0.25, -0.2) is 15.6 Å². The molecule has 0 fully saturated rings. The van der Waals surface area contributed by atoms with Gasteiger partial charge in [-0.1, -0.05) is 0 Å². The zero-order valence-corrected chi connectivity index (χ0v) is 6.07. The molecule has 60 valence electrons. The topological polar surface area (TPSA) is 75.8 Å². The van der Waals surface area contributed by atoms with E-state index in [2.05, 4.69) is 4.74 Å². The Hall–Kier alpha value is -0.810. The van der Waals surface area contributed by atoms with Gasteiger partial charge >= 0.3 is 6.09 Å². The van der Waals surface area contributed by atoms with Crippen LogP contribution in [0.25, 0.3) is 0 Å². The number of carbonyl (C=O) groups is 1. The van der Waals surface area contributed by atoms with Crippen molar-refractivity contribution in [3.05, 3.63) is 0 Å². The molecule has 5 heteroatoms. The van der Waals surface area contributed by atoms with Gasteiger partial charge in [0.05, 0.1) is 12.6 Å². The van der Waals surface area contributed by atoms with E-state index in [0.29, 0.717) is 11.6 Å². The number of carboxylic acid groups (broad SMARTS) is 1. The summed E-state index contributed by atoms with van der Waals surface area (Å²) in [6.07, 6.45) is -1.15. The van der Waals surface area contributed by atoms with Gasteiger partial charge in [-0.15, -0.1) is 0 Å². The first-order valence-corrected chi connectivity index (χ1v) is 2.85. The monoisotopic (exact) mass is 148 g/mol. The van der Waals surface area contributed by atoms with Gasteiger partial charge in [0.25, 0.3) is 0 Å². The number of hydrazine groups is 1. The maximum Gasteiger partial charge on any atom is 0.421 e. The van der Waals surface area contributed by atoms with Crippen molar-refractivity contribution in [2.45, 2.75) is 13.0 Å². The molecule has 0 rings (SSSR count). The Morgan fingerprint density at radius 2 is 2.40 bits per heavy atom. The smallest absolute Gasteiger partial charge is 0.421 e. The first-order chi connectivity index (χ1) is 4.59. The van der Waals surface area contributed by atoms with E-state index in [-0.39, 0.29) is 6.04 Å². The fraction of sp³-hybridized carbons (Fsp3) is 0.800. The molecule has 3 N–H and O–H groups in total. The molecule has 1 amide bonds. The van der Waals surface area contributed by atoms with Gasteiger partial charge in [-0.05, 0) is 6.92 Å². The van der Waals surface area contributed by atoms with Crippen LogP contribution in [0.2, 0.25) is 0 Å². The Bertz CT molecular complexity index is 117. The molecule has 5 nitrogen and oxygen atoms in total. The fourth-order valence-electron chi connectivity index (χ4n) is 0.510. The summed E-state index contributed by atoms with van der Waals surface area (Å²) >= 11 is 0. The standard InChI is InChI=1S/C5H12N2O3/c1-4(3-10-2)7(6)5(8)9/h4H,3,6H2,1-2H3,(H,8,9). The molecule has 0 aromatic rings. The van der Waals surface area contributed by atoms with Crippen LogP contribution >= 0.6 is 0 Å². The van der Waals surface area contributed by atoms with Crippen LogP contribution in [0, 0.1) is 0 Å². The molecule has 0 saturated carbocycles. The van der Waals surface area contributed by atoms with E-state index in [9.17, 15) is 4.79 Å². The Kier molecular flexibility index (Phi) is 3.75. The highest BCUT2D eigenvalue weighted by atomic mass is 16.5. The first-order valence-electron chi connectivity index (χ1n) is 2.85. The summed E-state index contributed by atoms with van der Waals surface area (Å²) in [6, 6.07) is -0.303. The Morgan fingerprint density at radius 1 is 1.90 bits per heavy atom. The first kappa shape index (κ1) is 9.19.